The fraction of sp³-hybridized carbons (Fsp3) is 0.444. The van der Waals surface area contributed by atoms with E-state index in [1.54, 1.807) is 12.1 Å². The van der Waals surface area contributed by atoms with E-state index < -0.39 is 12.3 Å². The van der Waals surface area contributed by atoms with Crippen LogP contribution in [-0.4, -0.2) is 53.0 Å². The van der Waals surface area contributed by atoms with E-state index in [-0.39, 0.29) is 23.4 Å². The number of amides is 2. The first kappa shape index (κ1) is 26.5. The highest BCUT2D eigenvalue weighted by Crippen LogP contribution is 2.23. The number of hydrogen-bond acceptors (Lipinski definition) is 5. The summed E-state index contributed by atoms with van der Waals surface area (Å²) in [5.74, 6) is -0.273. The van der Waals surface area contributed by atoms with Crippen LogP contribution in [0.3, 0.4) is 0 Å². The molecule has 0 saturated carbocycles. The molecule has 3 atom stereocenters. The minimum atomic E-state index is -0.702. The van der Waals surface area contributed by atoms with E-state index in [1.807, 2.05) is 11.8 Å². The maximum Gasteiger partial charge on any atom is 0.319 e. The molecule has 2 aromatic carbocycles. The number of aliphatic hydroxyl groups excluding tert-OH is 1. The van der Waals surface area contributed by atoms with Crippen LogP contribution < -0.4 is 10.6 Å². The molecule has 1 aliphatic heterocycles. The molecule has 0 aliphatic carbocycles. The van der Waals surface area contributed by atoms with Crippen LogP contribution in [0.25, 0.3) is 0 Å². The second-order valence-corrected chi connectivity index (χ2v) is 9.46. The molecule has 3 N–H and O–H groups in total. The number of aliphatic hydroxyl groups is 1. The molecule has 0 bridgehead atoms. The Bertz CT molecular complexity index is 1020. The van der Waals surface area contributed by atoms with Crippen molar-refractivity contribution >= 4 is 23.3 Å². The molecule has 7 nitrogen and oxygen atoms in total. The smallest absolute Gasteiger partial charge is 0.319 e. The molecule has 2 aromatic rings. The summed E-state index contributed by atoms with van der Waals surface area (Å²) >= 11 is 0. The normalized spacial score (nSPS) is 17.9. The van der Waals surface area contributed by atoms with Gasteiger partial charge in [0, 0.05) is 42.4 Å². The van der Waals surface area contributed by atoms with E-state index in [0.717, 1.165) is 37.9 Å². The molecule has 0 spiro atoms. The number of rotatable bonds is 9. The van der Waals surface area contributed by atoms with Crippen LogP contribution in [0.15, 0.2) is 42.5 Å². The number of halogens is 1. The first-order valence-electron chi connectivity index (χ1n) is 12.0. The van der Waals surface area contributed by atoms with Gasteiger partial charge < -0.3 is 15.7 Å². The number of nitrogens with one attached hydrogen (secondary N) is 2. The van der Waals surface area contributed by atoms with Gasteiger partial charge in [0.1, 0.15) is 12.0 Å². The highest BCUT2D eigenvalue weighted by Gasteiger charge is 2.26. The second-order valence-electron chi connectivity index (χ2n) is 9.46. The Balaban J connectivity index is 1.51. The summed E-state index contributed by atoms with van der Waals surface area (Å²) in [5, 5.41) is 16.3. The summed E-state index contributed by atoms with van der Waals surface area (Å²) < 4.78 is 13.2. The van der Waals surface area contributed by atoms with Gasteiger partial charge in [0.15, 0.2) is 11.6 Å². The Morgan fingerprint density at radius 1 is 1.09 bits per heavy atom. The van der Waals surface area contributed by atoms with Crippen molar-refractivity contribution in [1.29, 1.82) is 0 Å². The summed E-state index contributed by atoms with van der Waals surface area (Å²) in [5.41, 5.74) is 2.13. The van der Waals surface area contributed by atoms with Gasteiger partial charge in [0.05, 0.1) is 0 Å². The summed E-state index contributed by atoms with van der Waals surface area (Å²) in [6, 6.07) is 10.3. The number of ketones is 2. The number of hydrogen-bond donors (Lipinski definition) is 3. The average Bonchev–Trinajstić information content (AvgIpc) is 2.80. The van der Waals surface area contributed by atoms with Gasteiger partial charge in [-0.2, -0.15) is 0 Å². The van der Waals surface area contributed by atoms with Crippen molar-refractivity contribution in [1.82, 2.24) is 10.2 Å². The van der Waals surface area contributed by atoms with Gasteiger partial charge in [-0.3, -0.25) is 14.5 Å². The van der Waals surface area contributed by atoms with Crippen LogP contribution in [0.2, 0.25) is 0 Å². The lowest BCUT2D eigenvalue weighted by Gasteiger charge is -2.37. The third-order valence-corrected chi connectivity index (χ3v) is 6.36. The average molecular weight is 484 g/mol. The molecule has 1 fully saturated rings. The fourth-order valence-electron chi connectivity index (χ4n) is 4.51. The zero-order valence-electron chi connectivity index (χ0n) is 20.5. The number of urea groups is 1. The van der Waals surface area contributed by atoms with Gasteiger partial charge >= 0.3 is 6.03 Å². The molecule has 1 aliphatic rings. The van der Waals surface area contributed by atoms with Crippen LogP contribution in [0.4, 0.5) is 14.9 Å². The quantitative estimate of drug-likeness (QED) is 0.459. The van der Waals surface area contributed by atoms with Gasteiger partial charge in [0.2, 0.25) is 0 Å². The van der Waals surface area contributed by atoms with Crippen molar-refractivity contribution in [2.75, 3.05) is 18.4 Å². The molecule has 0 radical (unpaired) electrons. The van der Waals surface area contributed by atoms with Gasteiger partial charge in [0.25, 0.3) is 0 Å². The molecule has 0 aromatic heterocycles. The largest absolute Gasteiger partial charge is 0.378 e. The summed E-state index contributed by atoms with van der Waals surface area (Å²) in [6.07, 6.45) is 2.50. The molecule has 8 heteroatoms. The zero-order valence-corrected chi connectivity index (χ0v) is 20.5. The lowest BCUT2D eigenvalue weighted by Crippen LogP contribution is -2.47. The number of carbonyl (C=O) groups excluding carboxylic acids is 3. The van der Waals surface area contributed by atoms with Crippen LogP contribution in [0, 0.1) is 11.7 Å². The molecular formula is C27H34FN3O4. The van der Waals surface area contributed by atoms with Crippen LogP contribution in [0.1, 0.15) is 66.3 Å². The van der Waals surface area contributed by atoms with E-state index in [1.165, 1.54) is 44.2 Å². The lowest BCUT2D eigenvalue weighted by atomic mass is 9.91. The third kappa shape index (κ3) is 7.97. The minimum Gasteiger partial charge on any atom is -0.378 e. The van der Waals surface area contributed by atoms with Crippen molar-refractivity contribution in [2.45, 2.75) is 58.7 Å². The zero-order chi connectivity index (χ0) is 25.5. The van der Waals surface area contributed by atoms with E-state index in [2.05, 4.69) is 10.6 Å². The number of likely N-dealkylation sites (tertiary alicyclic amines) is 1. The number of piperidine rings is 1. The maximum atomic E-state index is 13.2. The molecular weight excluding hydrogens is 449 g/mol. The van der Waals surface area contributed by atoms with E-state index in [4.69, 9.17) is 0 Å². The topological polar surface area (TPSA) is 98.7 Å². The van der Waals surface area contributed by atoms with Crippen LogP contribution >= 0.6 is 0 Å². The van der Waals surface area contributed by atoms with Crippen LogP contribution in [-0.2, 0) is 6.42 Å². The highest BCUT2D eigenvalue weighted by atomic mass is 19.1. The monoisotopic (exact) mass is 483 g/mol. The molecule has 188 valence electrons. The van der Waals surface area contributed by atoms with E-state index >= 15 is 0 Å². The van der Waals surface area contributed by atoms with Crippen molar-refractivity contribution < 1.29 is 23.9 Å². The van der Waals surface area contributed by atoms with Crippen molar-refractivity contribution in [3.05, 3.63) is 65.0 Å². The summed E-state index contributed by atoms with van der Waals surface area (Å²) in [7, 11) is 0. The van der Waals surface area contributed by atoms with Crippen LogP contribution in [0.5, 0.6) is 0 Å². The van der Waals surface area contributed by atoms with Gasteiger partial charge in [-0.15, -0.1) is 0 Å². The Kier molecular flexibility index (Phi) is 9.12. The Labute approximate surface area is 205 Å². The fourth-order valence-corrected chi connectivity index (χ4v) is 4.51. The molecule has 3 rings (SSSR count). The second kappa shape index (κ2) is 12.0. The number of anilines is 1. The predicted octanol–water partition coefficient (Wildman–Crippen LogP) is 4.40. The van der Waals surface area contributed by atoms with Gasteiger partial charge in [-0.05, 0) is 81.8 Å². The first-order chi connectivity index (χ1) is 16.6. The Morgan fingerprint density at radius 2 is 1.71 bits per heavy atom. The Morgan fingerprint density at radius 3 is 2.31 bits per heavy atom. The highest BCUT2D eigenvalue weighted by molar-refractivity contribution is 6.02. The van der Waals surface area contributed by atoms with Crippen molar-refractivity contribution in [2.24, 2.45) is 5.92 Å². The van der Waals surface area contributed by atoms with Crippen molar-refractivity contribution in [3.8, 4) is 0 Å². The molecule has 2 amide bonds. The number of benzene rings is 2. The predicted molar refractivity (Wildman–Crippen MR) is 133 cm³/mol. The first-order valence-corrected chi connectivity index (χ1v) is 12.0. The van der Waals surface area contributed by atoms with Gasteiger partial charge in [-0.1, -0.05) is 12.1 Å². The van der Waals surface area contributed by atoms with Crippen molar-refractivity contribution in [3.63, 3.8) is 0 Å². The molecule has 0 unspecified atom stereocenters. The number of nitrogens with zero attached hydrogens (tertiary/aromatic N) is 1. The molecule has 1 heterocycles. The molecule has 35 heavy (non-hydrogen) atoms. The number of carbonyl (C=O) groups is 3. The van der Waals surface area contributed by atoms with E-state index in [0.29, 0.717) is 29.2 Å². The standard InChI is InChI=1S/C27H34FN3O4/c1-17(29-27(35)30-25-14-22(18(2)32)13-23(15-25)19(3)33)11-26(34)31-10-4-5-21(16-31)12-20-6-8-24(28)9-7-20/h6-9,13-15,17,21,26,34H,4-5,10-12,16H2,1-3H3,(H2,29,30,35)/t17-,21+,26-/m1/s1. The molecule has 1 saturated heterocycles. The third-order valence-electron chi connectivity index (χ3n) is 6.36. The summed E-state index contributed by atoms with van der Waals surface area (Å²) in [6.45, 7) is 6.14. The van der Waals surface area contributed by atoms with Gasteiger partial charge in [-0.25, -0.2) is 9.18 Å². The lowest BCUT2D eigenvalue weighted by molar-refractivity contribution is -0.0306. The maximum absolute atomic E-state index is 13.2. The SMILES string of the molecule is CC(=O)c1cc(NC(=O)N[C@H](C)C[C@@H](O)N2CCC[C@@H](Cc3ccc(F)cc3)C2)cc(C(C)=O)c1. The Hall–Kier alpha value is -3.10. The summed E-state index contributed by atoms with van der Waals surface area (Å²) in [4.78, 5) is 38.1. The minimum absolute atomic E-state index is 0.202. The number of Topliss-reactive ketones (excluding diaryl/α,β-unsaturated/α-hetero) is 2. The van der Waals surface area contributed by atoms with E-state index in [9.17, 15) is 23.9 Å².